The molecule has 0 unspecified atom stereocenters. The summed E-state index contributed by atoms with van der Waals surface area (Å²) >= 11 is 0. The lowest BCUT2D eigenvalue weighted by molar-refractivity contribution is 0.113. The summed E-state index contributed by atoms with van der Waals surface area (Å²) in [7, 11) is 0. The van der Waals surface area contributed by atoms with Crippen LogP contribution in [0.5, 0.6) is 0 Å². The van der Waals surface area contributed by atoms with Gasteiger partial charge in [-0.25, -0.2) is 0 Å². The molecule has 0 atom stereocenters. The van der Waals surface area contributed by atoms with E-state index in [0.29, 0.717) is 5.92 Å². The van der Waals surface area contributed by atoms with E-state index in [4.69, 9.17) is 5.26 Å². The lowest BCUT2D eigenvalue weighted by Gasteiger charge is -2.40. The zero-order chi connectivity index (χ0) is 19.6. The first kappa shape index (κ1) is 21.9. The Morgan fingerprint density at radius 2 is 1.18 bits per heavy atom. The molecule has 0 aliphatic heterocycles. The third kappa shape index (κ3) is 6.60. The van der Waals surface area contributed by atoms with Crippen LogP contribution in [0.4, 0.5) is 4.39 Å². The second kappa shape index (κ2) is 12.0. The molecule has 3 aliphatic rings. The number of halogens is 1. The molecule has 2 heteroatoms. The SMILES string of the molecule is N#C[C@H]1CC[C@H]([C@H]2CC[C@H]([C@H]3CC[C@H](C=CCCCCCF)CC3)CC2)CC1. The highest BCUT2D eigenvalue weighted by atomic mass is 19.1. The first-order chi connectivity index (χ1) is 13.8. The van der Waals surface area contributed by atoms with Crippen molar-refractivity contribution in [2.45, 2.75) is 103 Å². The Balaban J connectivity index is 1.30. The van der Waals surface area contributed by atoms with Gasteiger partial charge in [0, 0.05) is 5.92 Å². The molecular formula is C26H42FN. The number of alkyl halides is 1. The lowest BCUT2D eigenvalue weighted by atomic mass is 9.65. The van der Waals surface area contributed by atoms with Crippen LogP contribution in [0.2, 0.25) is 0 Å². The van der Waals surface area contributed by atoms with Gasteiger partial charge in [0.2, 0.25) is 0 Å². The third-order valence-corrected chi connectivity index (χ3v) is 8.33. The molecule has 3 fully saturated rings. The molecule has 0 N–H and O–H groups in total. The van der Waals surface area contributed by atoms with Crippen molar-refractivity contribution < 1.29 is 4.39 Å². The van der Waals surface area contributed by atoms with Gasteiger partial charge in [-0.15, -0.1) is 0 Å². The number of hydrogen-bond acceptors (Lipinski definition) is 1. The molecule has 0 bridgehead atoms. The summed E-state index contributed by atoms with van der Waals surface area (Å²) in [5.41, 5.74) is 0. The molecule has 0 spiro atoms. The average molecular weight is 388 g/mol. The van der Waals surface area contributed by atoms with Crippen LogP contribution in [0, 0.1) is 46.8 Å². The molecule has 3 rings (SSSR count). The van der Waals surface area contributed by atoms with Crippen LogP contribution in [0.1, 0.15) is 103 Å². The maximum atomic E-state index is 12.1. The van der Waals surface area contributed by atoms with Crippen molar-refractivity contribution in [2.24, 2.45) is 35.5 Å². The summed E-state index contributed by atoms with van der Waals surface area (Å²) in [6.45, 7) is -0.155. The van der Waals surface area contributed by atoms with Gasteiger partial charge in [-0.1, -0.05) is 18.6 Å². The Bertz CT molecular complexity index is 483. The molecule has 0 saturated heterocycles. The first-order valence-corrected chi connectivity index (χ1v) is 12.4. The maximum Gasteiger partial charge on any atom is 0.0894 e. The molecule has 3 saturated carbocycles. The minimum atomic E-state index is -0.155. The molecule has 158 valence electrons. The van der Waals surface area contributed by atoms with Gasteiger partial charge in [0.1, 0.15) is 0 Å². The number of hydrogen-bond donors (Lipinski definition) is 0. The summed E-state index contributed by atoms with van der Waals surface area (Å²) in [6.07, 6.45) is 25.4. The summed E-state index contributed by atoms with van der Waals surface area (Å²) in [4.78, 5) is 0. The van der Waals surface area contributed by atoms with Gasteiger partial charge in [0.15, 0.2) is 0 Å². The van der Waals surface area contributed by atoms with Crippen LogP contribution in [-0.2, 0) is 0 Å². The number of allylic oxidation sites excluding steroid dienone is 2. The Morgan fingerprint density at radius 3 is 1.68 bits per heavy atom. The van der Waals surface area contributed by atoms with E-state index in [2.05, 4.69) is 18.2 Å². The highest BCUT2D eigenvalue weighted by molar-refractivity contribution is 4.93. The monoisotopic (exact) mass is 387 g/mol. The number of rotatable bonds is 8. The highest BCUT2D eigenvalue weighted by Crippen LogP contribution is 2.45. The average Bonchev–Trinajstić information content (AvgIpc) is 2.77. The second-order valence-electron chi connectivity index (χ2n) is 10.1. The summed E-state index contributed by atoms with van der Waals surface area (Å²) in [6, 6.07) is 2.49. The van der Waals surface area contributed by atoms with Gasteiger partial charge in [-0.2, -0.15) is 5.26 Å². The lowest BCUT2D eigenvalue weighted by Crippen LogP contribution is -2.29. The fourth-order valence-corrected chi connectivity index (χ4v) is 6.44. The quantitative estimate of drug-likeness (QED) is 0.305. The van der Waals surface area contributed by atoms with Crippen LogP contribution in [0.15, 0.2) is 12.2 Å². The van der Waals surface area contributed by atoms with Crippen molar-refractivity contribution in [3.8, 4) is 6.07 Å². The number of nitriles is 1. The Kier molecular flexibility index (Phi) is 9.36. The van der Waals surface area contributed by atoms with Crippen molar-refractivity contribution in [3.63, 3.8) is 0 Å². The van der Waals surface area contributed by atoms with E-state index >= 15 is 0 Å². The topological polar surface area (TPSA) is 23.8 Å². The normalized spacial score (nSPS) is 37.0. The van der Waals surface area contributed by atoms with Gasteiger partial charge in [-0.3, -0.25) is 4.39 Å². The van der Waals surface area contributed by atoms with Gasteiger partial charge in [0.05, 0.1) is 12.7 Å². The van der Waals surface area contributed by atoms with Crippen molar-refractivity contribution in [2.75, 3.05) is 6.67 Å². The molecule has 0 heterocycles. The smallest absolute Gasteiger partial charge is 0.0894 e. The van der Waals surface area contributed by atoms with Crippen LogP contribution in [-0.4, -0.2) is 6.67 Å². The minimum absolute atomic E-state index is 0.155. The summed E-state index contributed by atoms with van der Waals surface area (Å²) in [5, 5.41) is 9.11. The zero-order valence-electron chi connectivity index (χ0n) is 18.0. The molecule has 28 heavy (non-hydrogen) atoms. The predicted molar refractivity (Wildman–Crippen MR) is 116 cm³/mol. The van der Waals surface area contributed by atoms with Gasteiger partial charge in [-0.05, 0) is 126 Å². The van der Waals surface area contributed by atoms with Gasteiger partial charge in [0.25, 0.3) is 0 Å². The van der Waals surface area contributed by atoms with Crippen molar-refractivity contribution in [3.05, 3.63) is 12.2 Å². The van der Waals surface area contributed by atoms with Crippen LogP contribution in [0.25, 0.3) is 0 Å². The maximum absolute atomic E-state index is 12.1. The number of unbranched alkanes of at least 4 members (excludes halogenated alkanes) is 3. The molecule has 0 aromatic carbocycles. The van der Waals surface area contributed by atoms with E-state index in [1.54, 1.807) is 0 Å². The van der Waals surface area contributed by atoms with Crippen LogP contribution in [0.3, 0.4) is 0 Å². The highest BCUT2D eigenvalue weighted by Gasteiger charge is 2.34. The molecule has 1 nitrogen and oxygen atoms in total. The van der Waals surface area contributed by atoms with Crippen molar-refractivity contribution in [1.82, 2.24) is 0 Å². The second-order valence-corrected chi connectivity index (χ2v) is 10.1. The zero-order valence-corrected chi connectivity index (χ0v) is 18.0. The van der Waals surface area contributed by atoms with Gasteiger partial charge >= 0.3 is 0 Å². The van der Waals surface area contributed by atoms with Crippen molar-refractivity contribution in [1.29, 1.82) is 5.26 Å². The molecule has 0 aromatic heterocycles. The van der Waals surface area contributed by atoms with E-state index in [1.807, 2.05) is 0 Å². The minimum Gasteiger partial charge on any atom is -0.251 e. The van der Waals surface area contributed by atoms with E-state index in [9.17, 15) is 4.39 Å². The summed E-state index contributed by atoms with van der Waals surface area (Å²) < 4.78 is 12.1. The number of nitrogens with zero attached hydrogens (tertiary/aromatic N) is 1. The first-order valence-electron chi connectivity index (χ1n) is 12.4. The fraction of sp³-hybridized carbons (Fsp3) is 0.885. The van der Waals surface area contributed by atoms with E-state index in [0.717, 1.165) is 68.1 Å². The third-order valence-electron chi connectivity index (χ3n) is 8.33. The van der Waals surface area contributed by atoms with Crippen molar-refractivity contribution >= 4 is 0 Å². The summed E-state index contributed by atoms with van der Waals surface area (Å²) in [5.74, 6) is 5.04. The van der Waals surface area contributed by atoms with E-state index in [-0.39, 0.29) is 6.67 Å². The van der Waals surface area contributed by atoms with Crippen LogP contribution < -0.4 is 0 Å². The van der Waals surface area contributed by atoms with E-state index < -0.39 is 0 Å². The standard InChI is InChI=1S/C26H42FN/c27-19-5-3-1-2-4-6-21-7-11-23(12-8-21)25-15-17-26(18-16-25)24-13-9-22(20-28)10-14-24/h4,6,21-26H,1-3,5,7-19H2/t21-,22-,23-,24-,25-,26-. The Morgan fingerprint density at radius 1 is 0.679 bits per heavy atom. The Labute approximate surface area is 173 Å². The van der Waals surface area contributed by atoms with Crippen LogP contribution >= 0.6 is 0 Å². The largest absolute Gasteiger partial charge is 0.251 e. The molecule has 0 radical (unpaired) electrons. The predicted octanol–water partition coefficient (Wildman–Crippen LogP) is 8.02. The molecular weight excluding hydrogens is 345 g/mol. The fourth-order valence-electron chi connectivity index (χ4n) is 6.44. The Hall–Kier alpha value is -0.840. The molecule has 3 aliphatic carbocycles. The van der Waals surface area contributed by atoms with Gasteiger partial charge < -0.3 is 0 Å². The molecule has 0 aromatic rings. The van der Waals surface area contributed by atoms with E-state index in [1.165, 1.54) is 64.2 Å². The molecule has 0 amide bonds.